The van der Waals surface area contributed by atoms with Crippen LogP contribution < -0.4 is 5.32 Å². The van der Waals surface area contributed by atoms with E-state index in [0.717, 1.165) is 24.9 Å². The number of carbonyl (C=O) groups is 1. The van der Waals surface area contributed by atoms with Crippen LogP contribution in [-0.2, 0) is 22.6 Å². The first kappa shape index (κ1) is 13.8. The van der Waals surface area contributed by atoms with E-state index in [4.69, 9.17) is 4.74 Å². The Morgan fingerprint density at radius 1 is 1.33 bits per heavy atom. The molecule has 5 nitrogen and oxygen atoms in total. The molecule has 0 aliphatic carbocycles. The minimum atomic E-state index is -0.274. The highest BCUT2D eigenvalue weighted by Gasteiger charge is 2.23. The predicted octanol–water partition coefficient (Wildman–Crippen LogP) is 1.73. The van der Waals surface area contributed by atoms with Gasteiger partial charge in [-0.2, -0.15) is 5.10 Å². The molecule has 1 saturated heterocycles. The minimum Gasteiger partial charge on any atom is -0.368 e. The monoisotopic (exact) mass is 285 g/mol. The van der Waals surface area contributed by atoms with E-state index in [1.165, 1.54) is 5.56 Å². The Bertz CT molecular complexity index is 589. The van der Waals surface area contributed by atoms with Crippen molar-refractivity contribution in [2.24, 2.45) is 0 Å². The number of amides is 1. The van der Waals surface area contributed by atoms with Gasteiger partial charge in [-0.15, -0.1) is 0 Å². The molecule has 1 atom stereocenters. The topological polar surface area (TPSA) is 56.2 Å². The summed E-state index contributed by atoms with van der Waals surface area (Å²) in [5.41, 5.74) is 2.20. The molecular weight excluding hydrogens is 266 g/mol. The van der Waals surface area contributed by atoms with Gasteiger partial charge in [0.05, 0.1) is 12.7 Å². The summed E-state index contributed by atoms with van der Waals surface area (Å²) in [4.78, 5) is 11.9. The molecule has 2 heterocycles. The number of ether oxygens (including phenoxy) is 1. The van der Waals surface area contributed by atoms with Crippen molar-refractivity contribution in [1.29, 1.82) is 0 Å². The highest BCUT2D eigenvalue weighted by molar-refractivity contribution is 5.80. The number of aromatic nitrogens is 2. The number of hydrogen-bond acceptors (Lipinski definition) is 3. The summed E-state index contributed by atoms with van der Waals surface area (Å²) < 4.78 is 7.23. The molecular formula is C16H19N3O2. The van der Waals surface area contributed by atoms with Crippen LogP contribution >= 0.6 is 0 Å². The Balaban J connectivity index is 1.52. The summed E-state index contributed by atoms with van der Waals surface area (Å²) in [7, 11) is 0. The van der Waals surface area contributed by atoms with E-state index < -0.39 is 0 Å². The first-order valence-corrected chi connectivity index (χ1v) is 7.26. The lowest BCUT2D eigenvalue weighted by Gasteiger charge is -2.09. The van der Waals surface area contributed by atoms with Crippen LogP contribution in [0.15, 0.2) is 42.7 Å². The second kappa shape index (κ2) is 6.54. The van der Waals surface area contributed by atoms with Crippen molar-refractivity contribution < 1.29 is 9.53 Å². The Morgan fingerprint density at radius 2 is 2.19 bits per heavy atom. The first-order valence-electron chi connectivity index (χ1n) is 7.26. The molecule has 1 aromatic carbocycles. The molecule has 0 unspecified atom stereocenters. The summed E-state index contributed by atoms with van der Waals surface area (Å²) in [5.74, 6) is -0.0247. The maximum atomic E-state index is 11.9. The number of rotatable bonds is 5. The molecule has 0 radical (unpaired) electrons. The molecule has 1 aromatic heterocycles. The quantitative estimate of drug-likeness (QED) is 0.910. The van der Waals surface area contributed by atoms with Gasteiger partial charge >= 0.3 is 0 Å². The Labute approximate surface area is 123 Å². The van der Waals surface area contributed by atoms with Gasteiger partial charge in [0.2, 0.25) is 5.91 Å². The summed E-state index contributed by atoms with van der Waals surface area (Å²) >= 11 is 0. The zero-order valence-corrected chi connectivity index (χ0v) is 11.9. The molecule has 1 fully saturated rings. The molecule has 2 aromatic rings. The average Bonchev–Trinajstić information content (AvgIpc) is 3.17. The van der Waals surface area contributed by atoms with Gasteiger partial charge in [0.1, 0.15) is 6.10 Å². The normalized spacial score (nSPS) is 17.8. The molecule has 5 heteroatoms. The second-order valence-corrected chi connectivity index (χ2v) is 5.25. The first-order chi connectivity index (χ1) is 10.3. The molecule has 1 amide bonds. The Hall–Kier alpha value is -2.14. The van der Waals surface area contributed by atoms with E-state index in [1.807, 2.05) is 29.1 Å². The summed E-state index contributed by atoms with van der Waals surface area (Å²) in [5, 5.41) is 7.22. The second-order valence-electron chi connectivity index (χ2n) is 5.25. The van der Waals surface area contributed by atoms with Crippen molar-refractivity contribution in [2.75, 3.05) is 6.61 Å². The van der Waals surface area contributed by atoms with Crippen LogP contribution in [0, 0.1) is 0 Å². The van der Waals surface area contributed by atoms with Crippen molar-refractivity contribution in [2.45, 2.75) is 32.0 Å². The summed E-state index contributed by atoms with van der Waals surface area (Å²) in [6.07, 6.45) is 5.26. The van der Waals surface area contributed by atoms with Gasteiger partial charge in [0.15, 0.2) is 0 Å². The van der Waals surface area contributed by atoms with Gasteiger partial charge in [-0.05, 0) is 18.4 Å². The zero-order valence-electron chi connectivity index (χ0n) is 11.9. The molecule has 1 aliphatic heterocycles. The molecule has 1 aliphatic rings. The molecule has 21 heavy (non-hydrogen) atoms. The lowest BCUT2D eigenvalue weighted by molar-refractivity contribution is -0.130. The van der Waals surface area contributed by atoms with Crippen molar-refractivity contribution in [1.82, 2.24) is 15.1 Å². The van der Waals surface area contributed by atoms with Gasteiger partial charge in [-0.3, -0.25) is 9.48 Å². The SMILES string of the molecule is O=C(NCc1cnn(Cc2ccccc2)c1)[C@H]1CCCO1. The maximum Gasteiger partial charge on any atom is 0.249 e. The molecule has 0 saturated carbocycles. The van der Waals surface area contributed by atoms with E-state index in [1.54, 1.807) is 6.20 Å². The number of nitrogens with zero attached hydrogens (tertiary/aromatic N) is 2. The third kappa shape index (κ3) is 3.70. The largest absolute Gasteiger partial charge is 0.368 e. The fourth-order valence-corrected chi connectivity index (χ4v) is 2.44. The summed E-state index contributed by atoms with van der Waals surface area (Å²) in [6, 6.07) is 10.2. The van der Waals surface area contributed by atoms with Crippen molar-refractivity contribution >= 4 is 5.91 Å². The molecule has 1 N–H and O–H groups in total. The third-order valence-corrected chi connectivity index (χ3v) is 3.56. The van der Waals surface area contributed by atoms with Crippen LogP contribution in [-0.4, -0.2) is 28.4 Å². The predicted molar refractivity (Wildman–Crippen MR) is 78.6 cm³/mol. The van der Waals surface area contributed by atoms with Crippen molar-refractivity contribution in [3.8, 4) is 0 Å². The van der Waals surface area contributed by atoms with E-state index >= 15 is 0 Å². The molecule has 0 bridgehead atoms. The molecule has 110 valence electrons. The number of hydrogen-bond donors (Lipinski definition) is 1. The standard InChI is InChI=1S/C16H19N3O2/c20-16(15-7-4-8-21-15)17-9-14-10-18-19(12-14)11-13-5-2-1-3-6-13/h1-3,5-6,10,12,15H,4,7-9,11H2,(H,17,20)/t15-/m1/s1. The minimum absolute atomic E-state index is 0.0247. The maximum absolute atomic E-state index is 11.9. The van der Waals surface area contributed by atoms with Gasteiger partial charge in [0.25, 0.3) is 0 Å². The zero-order chi connectivity index (χ0) is 14.5. The average molecular weight is 285 g/mol. The lowest BCUT2D eigenvalue weighted by atomic mass is 10.2. The Kier molecular flexibility index (Phi) is 4.31. The van der Waals surface area contributed by atoms with Crippen LogP contribution in [0.3, 0.4) is 0 Å². The van der Waals surface area contributed by atoms with Crippen molar-refractivity contribution in [3.63, 3.8) is 0 Å². The van der Waals surface area contributed by atoms with Crippen molar-refractivity contribution in [3.05, 3.63) is 53.9 Å². The molecule has 3 rings (SSSR count). The fraction of sp³-hybridized carbons (Fsp3) is 0.375. The van der Waals surface area contributed by atoms with Gasteiger partial charge in [-0.25, -0.2) is 0 Å². The van der Waals surface area contributed by atoms with Crippen LogP contribution in [0.25, 0.3) is 0 Å². The molecule has 0 spiro atoms. The Morgan fingerprint density at radius 3 is 2.95 bits per heavy atom. The number of carbonyl (C=O) groups excluding carboxylic acids is 1. The van der Waals surface area contributed by atoms with Crippen LogP contribution in [0.5, 0.6) is 0 Å². The summed E-state index contributed by atoms with van der Waals surface area (Å²) in [6.45, 7) is 1.92. The van der Waals surface area contributed by atoms with Gasteiger partial charge < -0.3 is 10.1 Å². The van der Waals surface area contributed by atoms with Crippen LogP contribution in [0.4, 0.5) is 0 Å². The highest BCUT2D eigenvalue weighted by Crippen LogP contribution is 2.12. The number of nitrogens with one attached hydrogen (secondary N) is 1. The van der Waals surface area contributed by atoms with E-state index in [0.29, 0.717) is 13.2 Å². The highest BCUT2D eigenvalue weighted by atomic mass is 16.5. The van der Waals surface area contributed by atoms with E-state index in [-0.39, 0.29) is 12.0 Å². The smallest absolute Gasteiger partial charge is 0.249 e. The van der Waals surface area contributed by atoms with Crippen LogP contribution in [0.1, 0.15) is 24.0 Å². The van der Waals surface area contributed by atoms with Gasteiger partial charge in [0, 0.05) is 24.9 Å². The van der Waals surface area contributed by atoms with E-state index in [9.17, 15) is 4.79 Å². The van der Waals surface area contributed by atoms with E-state index in [2.05, 4.69) is 22.5 Å². The van der Waals surface area contributed by atoms with Crippen LogP contribution in [0.2, 0.25) is 0 Å². The number of benzene rings is 1. The lowest BCUT2D eigenvalue weighted by Crippen LogP contribution is -2.33. The third-order valence-electron chi connectivity index (χ3n) is 3.56. The van der Waals surface area contributed by atoms with Gasteiger partial charge in [-0.1, -0.05) is 30.3 Å². The fourth-order valence-electron chi connectivity index (χ4n) is 2.44.